The molecule has 0 unspecified atom stereocenters. The number of ether oxygens (including phenoxy) is 1. The number of carbonyl (C=O) groups is 1. The fourth-order valence-corrected chi connectivity index (χ4v) is 5.17. The molecule has 1 heterocycles. The van der Waals surface area contributed by atoms with E-state index in [1.54, 1.807) is 13.4 Å². The highest BCUT2D eigenvalue weighted by Gasteiger charge is 2.50. The van der Waals surface area contributed by atoms with Crippen molar-refractivity contribution in [3.05, 3.63) is 94.7 Å². The van der Waals surface area contributed by atoms with Gasteiger partial charge < -0.3 is 9.64 Å². The highest BCUT2D eigenvalue weighted by Crippen LogP contribution is 2.52. The Labute approximate surface area is 201 Å². The van der Waals surface area contributed by atoms with E-state index in [9.17, 15) is 4.79 Å². The van der Waals surface area contributed by atoms with Gasteiger partial charge in [0.1, 0.15) is 0 Å². The van der Waals surface area contributed by atoms with Crippen LogP contribution in [0.25, 0.3) is 0 Å². The summed E-state index contributed by atoms with van der Waals surface area (Å²) < 4.78 is 5.21. The molecule has 0 radical (unpaired) electrons. The molecule has 0 spiro atoms. The van der Waals surface area contributed by atoms with Gasteiger partial charge in [0, 0.05) is 16.0 Å². The number of amides is 1. The molecule has 0 saturated carbocycles. The molecule has 0 N–H and O–H groups in total. The van der Waals surface area contributed by atoms with Crippen LogP contribution in [0.5, 0.6) is 0 Å². The van der Waals surface area contributed by atoms with E-state index in [4.69, 9.17) is 27.9 Å². The lowest BCUT2D eigenvalue weighted by Gasteiger charge is -2.51. The molecule has 0 aromatic heterocycles. The van der Waals surface area contributed by atoms with Crippen molar-refractivity contribution in [3.63, 3.8) is 0 Å². The number of hydrogen-bond acceptors (Lipinski definition) is 2. The second-order valence-electron chi connectivity index (χ2n) is 8.67. The quantitative estimate of drug-likeness (QED) is 0.293. The number of rotatable bonds is 8. The predicted molar refractivity (Wildman–Crippen MR) is 133 cm³/mol. The summed E-state index contributed by atoms with van der Waals surface area (Å²) in [6, 6.07) is 15.5. The first-order valence-electron chi connectivity index (χ1n) is 11.0. The molecule has 2 aromatic rings. The van der Waals surface area contributed by atoms with E-state index < -0.39 is 5.41 Å². The van der Waals surface area contributed by atoms with E-state index in [-0.39, 0.29) is 23.9 Å². The van der Waals surface area contributed by atoms with Crippen LogP contribution < -0.4 is 0 Å². The highest BCUT2D eigenvalue weighted by atomic mass is 35.5. The molecular formula is C27H31Cl2NO2. The zero-order valence-electron chi connectivity index (χ0n) is 18.9. The molecule has 1 aliphatic heterocycles. The van der Waals surface area contributed by atoms with Crippen molar-refractivity contribution >= 4 is 29.1 Å². The summed E-state index contributed by atoms with van der Waals surface area (Å²) >= 11 is 12.6. The first-order chi connectivity index (χ1) is 15.3. The maximum Gasteiger partial charge on any atom is 0.229 e. The number of hydrogen-bond donors (Lipinski definition) is 0. The second kappa shape index (κ2) is 10.6. The van der Waals surface area contributed by atoms with Gasteiger partial charge in [-0.1, -0.05) is 67.4 Å². The molecule has 32 heavy (non-hydrogen) atoms. The summed E-state index contributed by atoms with van der Waals surface area (Å²) in [5, 5.41) is 1.36. The van der Waals surface area contributed by atoms with Crippen molar-refractivity contribution in [2.45, 2.75) is 51.1 Å². The second-order valence-corrected chi connectivity index (χ2v) is 9.54. The Kier molecular flexibility index (Phi) is 8.08. The van der Waals surface area contributed by atoms with Gasteiger partial charge >= 0.3 is 0 Å². The standard InChI is InChI=1S/C27H31Cl2NO2/c1-5-15-27(3)18-24(20-8-7-9-22(29)17-20)25(19-10-12-21(28)13-11-19)30(26(27)31)23(6-2)14-16-32-4/h5,7-14,16-17,23-25H,1,6,15,18H2,2-4H3/b16-14+/t23-,24+,25+,27-/m0/s1. The van der Waals surface area contributed by atoms with E-state index in [2.05, 4.69) is 19.6 Å². The monoisotopic (exact) mass is 471 g/mol. The molecule has 4 atom stereocenters. The van der Waals surface area contributed by atoms with E-state index in [0.717, 1.165) is 17.5 Å². The lowest BCUT2D eigenvalue weighted by Crippen LogP contribution is -2.55. The summed E-state index contributed by atoms with van der Waals surface area (Å²) in [6.07, 6.45) is 7.55. The summed E-state index contributed by atoms with van der Waals surface area (Å²) in [5.41, 5.74) is 1.61. The SMILES string of the molecule is C=CC[C@@]1(C)C[C@H](c2cccc(Cl)c2)[C@@H](c2ccc(Cl)cc2)N([C@H](/C=C/OC)CC)C1=O. The fraction of sp³-hybridized carbons (Fsp3) is 0.370. The molecule has 0 aliphatic carbocycles. The third-order valence-electron chi connectivity index (χ3n) is 6.40. The normalized spacial score (nSPS) is 24.5. The number of allylic oxidation sites excluding steroid dienone is 1. The van der Waals surface area contributed by atoms with Crippen LogP contribution in [-0.2, 0) is 9.53 Å². The third-order valence-corrected chi connectivity index (χ3v) is 6.88. The number of halogens is 2. The van der Waals surface area contributed by atoms with Gasteiger partial charge in [0.15, 0.2) is 0 Å². The molecule has 3 nitrogen and oxygen atoms in total. The number of carbonyl (C=O) groups excluding carboxylic acids is 1. The lowest BCUT2D eigenvalue weighted by molar-refractivity contribution is -0.153. The highest BCUT2D eigenvalue weighted by molar-refractivity contribution is 6.30. The first-order valence-corrected chi connectivity index (χ1v) is 11.7. The molecule has 2 aromatic carbocycles. The minimum absolute atomic E-state index is 0.0579. The van der Waals surface area contributed by atoms with Crippen molar-refractivity contribution in [1.29, 1.82) is 0 Å². The van der Waals surface area contributed by atoms with Gasteiger partial charge in [0.05, 0.1) is 30.9 Å². The average molecular weight is 472 g/mol. The summed E-state index contributed by atoms with van der Waals surface area (Å²) in [5.74, 6) is 0.186. The molecule has 1 aliphatic rings. The molecule has 170 valence electrons. The lowest BCUT2D eigenvalue weighted by atomic mass is 9.67. The zero-order valence-corrected chi connectivity index (χ0v) is 20.4. The van der Waals surface area contributed by atoms with Crippen LogP contribution in [0.15, 0.2) is 73.5 Å². The fourth-order valence-electron chi connectivity index (χ4n) is 4.85. The Bertz CT molecular complexity index is 972. The smallest absolute Gasteiger partial charge is 0.229 e. The molecule has 3 rings (SSSR count). The van der Waals surface area contributed by atoms with Crippen LogP contribution in [-0.4, -0.2) is 24.0 Å². The van der Waals surface area contributed by atoms with E-state index in [0.29, 0.717) is 22.9 Å². The zero-order chi connectivity index (χ0) is 23.3. The van der Waals surface area contributed by atoms with E-state index in [1.807, 2.05) is 66.4 Å². The topological polar surface area (TPSA) is 29.5 Å². The molecule has 5 heteroatoms. The van der Waals surface area contributed by atoms with Crippen molar-refractivity contribution in [2.24, 2.45) is 5.41 Å². The Hall–Kier alpha value is -2.23. The molecule has 1 fully saturated rings. The Morgan fingerprint density at radius 2 is 1.91 bits per heavy atom. The van der Waals surface area contributed by atoms with Gasteiger partial charge in [0.25, 0.3) is 0 Å². The van der Waals surface area contributed by atoms with Crippen LogP contribution in [0, 0.1) is 5.41 Å². The van der Waals surface area contributed by atoms with Crippen LogP contribution >= 0.6 is 23.2 Å². The van der Waals surface area contributed by atoms with Crippen molar-refractivity contribution in [2.75, 3.05) is 7.11 Å². The Morgan fingerprint density at radius 3 is 2.50 bits per heavy atom. The Balaban J connectivity index is 2.23. The minimum Gasteiger partial charge on any atom is -0.505 e. The summed E-state index contributed by atoms with van der Waals surface area (Å²) in [4.78, 5) is 16.1. The van der Waals surface area contributed by atoms with Crippen molar-refractivity contribution in [1.82, 2.24) is 4.90 Å². The van der Waals surface area contributed by atoms with Gasteiger partial charge in [-0.3, -0.25) is 4.79 Å². The molecule has 1 amide bonds. The number of likely N-dealkylation sites (tertiary alicyclic amines) is 1. The van der Waals surface area contributed by atoms with Gasteiger partial charge in [-0.15, -0.1) is 6.58 Å². The van der Waals surface area contributed by atoms with Crippen molar-refractivity contribution in [3.8, 4) is 0 Å². The predicted octanol–water partition coefficient (Wildman–Crippen LogP) is 7.57. The maximum absolute atomic E-state index is 14.0. The maximum atomic E-state index is 14.0. The van der Waals surface area contributed by atoms with Crippen molar-refractivity contribution < 1.29 is 9.53 Å². The Morgan fingerprint density at radius 1 is 1.19 bits per heavy atom. The van der Waals surface area contributed by atoms with Gasteiger partial charge in [-0.25, -0.2) is 0 Å². The molecule has 1 saturated heterocycles. The van der Waals surface area contributed by atoms with Crippen LogP contribution in [0.1, 0.15) is 56.2 Å². The van der Waals surface area contributed by atoms with Gasteiger partial charge in [0.2, 0.25) is 5.91 Å². The molecule has 0 bridgehead atoms. The minimum atomic E-state index is -0.564. The molecular weight excluding hydrogens is 441 g/mol. The van der Waals surface area contributed by atoms with E-state index >= 15 is 0 Å². The first kappa shape index (κ1) is 24.4. The summed E-state index contributed by atoms with van der Waals surface area (Å²) in [7, 11) is 1.62. The largest absolute Gasteiger partial charge is 0.505 e. The number of nitrogens with zero attached hydrogens (tertiary/aromatic N) is 1. The number of piperidine rings is 1. The van der Waals surface area contributed by atoms with E-state index in [1.165, 1.54) is 0 Å². The van der Waals surface area contributed by atoms with Crippen LogP contribution in [0.4, 0.5) is 0 Å². The third kappa shape index (κ3) is 5.05. The van der Waals surface area contributed by atoms with Gasteiger partial charge in [-0.05, 0) is 60.7 Å². The van der Waals surface area contributed by atoms with Crippen LogP contribution in [0.3, 0.4) is 0 Å². The van der Waals surface area contributed by atoms with Crippen LogP contribution in [0.2, 0.25) is 10.0 Å². The van der Waals surface area contributed by atoms with Gasteiger partial charge in [-0.2, -0.15) is 0 Å². The summed E-state index contributed by atoms with van der Waals surface area (Å²) in [6.45, 7) is 8.07. The average Bonchev–Trinajstić information content (AvgIpc) is 2.77. The number of benzene rings is 2. The number of methoxy groups -OCH3 is 1.